The van der Waals surface area contributed by atoms with Gasteiger partial charge in [0.15, 0.2) is 0 Å². The van der Waals surface area contributed by atoms with Gasteiger partial charge in [-0.3, -0.25) is 9.59 Å². The van der Waals surface area contributed by atoms with E-state index in [1.54, 1.807) is 17.0 Å². The monoisotopic (exact) mass is 707 g/mol. The van der Waals surface area contributed by atoms with Gasteiger partial charge in [0.1, 0.15) is 23.5 Å². The van der Waals surface area contributed by atoms with Crippen molar-refractivity contribution in [2.45, 2.75) is 77.9 Å². The van der Waals surface area contributed by atoms with E-state index in [1.807, 2.05) is 61.2 Å². The lowest BCUT2D eigenvalue weighted by Crippen LogP contribution is -2.51. The summed E-state index contributed by atoms with van der Waals surface area (Å²) in [5.41, 5.74) is 5.90. The maximum Gasteiger partial charge on any atom is 0.407 e. The number of rotatable bonds is 9. The molecule has 3 amide bonds. The first-order valence-electron chi connectivity index (χ1n) is 18.2. The molecule has 7 rings (SSSR count). The number of carbonyl (C=O) groups is 3. The molecule has 2 aliphatic heterocycles. The Bertz CT molecular complexity index is 2140. The smallest absolute Gasteiger partial charge is 0.407 e. The van der Waals surface area contributed by atoms with Crippen LogP contribution in [-0.4, -0.2) is 73.9 Å². The summed E-state index contributed by atoms with van der Waals surface area (Å²) in [6, 6.07) is 15.7. The number of benzene rings is 3. The van der Waals surface area contributed by atoms with Crippen LogP contribution in [-0.2, 0) is 14.3 Å². The SMILES string of the molecule is COC(=O)N[C@H](C(=O)N1CCC[C@H]1c1nc2ccc(-c3ccc(-c4ccc5nc([C@@H]6CCCN6C(=O)CC(C)C)[nH]c5c4)cc3F)cc2[nH]1)C(C)C. The molecule has 12 heteroatoms. The van der Waals surface area contributed by atoms with Gasteiger partial charge in [-0.2, -0.15) is 0 Å². The number of alkyl carbamates (subject to hydrolysis) is 1. The molecule has 4 heterocycles. The highest BCUT2D eigenvalue weighted by Gasteiger charge is 2.38. The van der Waals surface area contributed by atoms with Gasteiger partial charge in [0.05, 0.1) is 41.3 Å². The molecule has 5 aromatic rings. The van der Waals surface area contributed by atoms with Gasteiger partial charge in [-0.05, 0) is 84.5 Å². The number of likely N-dealkylation sites (tertiary alicyclic amines) is 2. The van der Waals surface area contributed by atoms with Gasteiger partial charge in [-0.15, -0.1) is 0 Å². The zero-order chi connectivity index (χ0) is 36.7. The number of methoxy groups -OCH3 is 1. The van der Waals surface area contributed by atoms with Crippen LogP contribution in [0.25, 0.3) is 44.3 Å². The minimum absolute atomic E-state index is 0.0609. The van der Waals surface area contributed by atoms with Crippen molar-refractivity contribution in [2.75, 3.05) is 20.2 Å². The summed E-state index contributed by atoms with van der Waals surface area (Å²) in [7, 11) is 1.28. The number of nitrogens with one attached hydrogen (secondary N) is 3. The Labute approximate surface area is 302 Å². The molecular formula is C40H46FN7O4. The molecule has 2 aliphatic rings. The van der Waals surface area contributed by atoms with Gasteiger partial charge in [0, 0.05) is 25.1 Å². The fraction of sp³-hybridized carbons (Fsp3) is 0.425. The number of fused-ring (bicyclic) bond motifs is 2. The predicted octanol–water partition coefficient (Wildman–Crippen LogP) is 7.67. The van der Waals surface area contributed by atoms with Gasteiger partial charge >= 0.3 is 6.09 Å². The van der Waals surface area contributed by atoms with Gasteiger partial charge in [-0.1, -0.05) is 52.0 Å². The van der Waals surface area contributed by atoms with E-state index in [0.29, 0.717) is 35.8 Å². The van der Waals surface area contributed by atoms with Crippen molar-refractivity contribution in [3.05, 3.63) is 72.1 Å². The minimum Gasteiger partial charge on any atom is -0.453 e. The molecule has 0 spiro atoms. The van der Waals surface area contributed by atoms with E-state index in [1.165, 1.54) is 7.11 Å². The number of ether oxygens (including phenoxy) is 1. The number of imidazole rings is 2. The Balaban J connectivity index is 1.10. The van der Waals surface area contributed by atoms with Crippen molar-refractivity contribution in [2.24, 2.45) is 11.8 Å². The predicted molar refractivity (Wildman–Crippen MR) is 198 cm³/mol. The second-order valence-electron chi connectivity index (χ2n) is 14.8. The van der Waals surface area contributed by atoms with Crippen LogP contribution >= 0.6 is 0 Å². The third kappa shape index (κ3) is 6.86. The normalized spacial score (nSPS) is 18.2. The maximum absolute atomic E-state index is 15.8. The first-order chi connectivity index (χ1) is 25.0. The molecule has 11 nitrogen and oxygen atoms in total. The summed E-state index contributed by atoms with van der Waals surface area (Å²) in [4.78, 5) is 58.7. The van der Waals surface area contributed by atoms with Gasteiger partial charge < -0.3 is 29.8 Å². The van der Waals surface area contributed by atoms with Crippen molar-refractivity contribution < 1.29 is 23.5 Å². The van der Waals surface area contributed by atoms with E-state index in [0.717, 1.165) is 71.2 Å². The molecule has 2 aromatic heterocycles. The highest BCUT2D eigenvalue weighted by atomic mass is 19.1. The molecule has 0 aliphatic carbocycles. The van der Waals surface area contributed by atoms with Gasteiger partial charge in [0.2, 0.25) is 11.8 Å². The Morgan fingerprint density at radius 1 is 0.827 bits per heavy atom. The molecule has 0 radical (unpaired) electrons. The molecule has 272 valence electrons. The third-order valence-corrected chi connectivity index (χ3v) is 10.3. The van der Waals surface area contributed by atoms with Gasteiger partial charge in [0.25, 0.3) is 0 Å². The molecule has 3 aromatic carbocycles. The summed E-state index contributed by atoms with van der Waals surface area (Å²) in [5, 5.41) is 2.68. The lowest BCUT2D eigenvalue weighted by atomic mass is 9.99. The number of amides is 3. The first kappa shape index (κ1) is 35.2. The largest absolute Gasteiger partial charge is 0.453 e. The third-order valence-electron chi connectivity index (χ3n) is 10.3. The number of H-pyrrole nitrogens is 2. The number of halogens is 1. The second-order valence-corrected chi connectivity index (χ2v) is 14.8. The van der Waals surface area contributed by atoms with Crippen LogP contribution in [0.3, 0.4) is 0 Å². The summed E-state index contributed by atoms with van der Waals surface area (Å²) >= 11 is 0. The highest BCUT2D eigenvalue weighted by molar-refractivity contribution is 5.87. The lowest BCUT2D eigenvalue weighted by molar-refractivity contribution is -0.135. The molecule has 2 saturated heterocycles. The number of hydrogen-bond acceptors (Lipinski definition) is 6. The Morgan fingerprint density at radius 2 is 1.38 bits per heavy atom. The van der Waals surface area contributed by atoms with E-state index in [9.17, 15) is 14.4 Å². The van der Waals surface area contributed by atoms with Crippen LogP contribution in [0.4, 0.5) is 9.18 Å². The van der Waals surface area contributed by atoms with Crippen molar-refractivity contribution >= 4 is 40.0 Å². The van der Waals surface area contributed by atoms with Crippen molar-refractivity contribution in [1.29, 1.82) is 0 Å². The average Bonchev–Trinajstić information content (AvgIpc) is 3.94. The van der Waals surface area contributed by atoms with Crippen LogP contribution in [0.5, 0.6) is 0 Å². The summed E-state index contributed by atoms with van der Waals surface area (Å²) in [6.45, 7) is 9.19. The number of carbonyl (C=O) groups excluding carboxylic acids is 3. The Kier molecular flexibility index (Phi) is 9.73. The van der Waals surface area contributed by atoms with Crippen LogP contribution in [0.2, 0.25) is 0 Å². The quantitative estimate of drug-likeness (QED) is 0.144. The zero-order valence-corrected chi connectivity index (χ0v) is 30.3. The number of hydrogen-bond donors (Lipinski definition) is 3. The van der Waals surface area contributed by atoms with E-state index >= 15 is 4.39 Å². The number of aromatic nitrogens is 4. The summed E-state index contributed by atoms with van der Waals surface area (Å²) < 4.78 is 20.6. The topological polar surface area (TPSA) is 136 Å². The average molecular weight is 708 g/mol. The van der Waals surface area contributed by atoms with Crippen LogP contribution in [0, 0.1) is 17.7 Å². The second kappa shape index (κ2) is 14.4. The fourth-order valence-electron chi connectivity index (χ4n) is 7.66. The van der Waals surface area contributed by atoms with Crippen LogP contribution < -0.4 is 5.32 Å². The lowest BCUT2D eigenvalue weighted by Gasteiger charge is -2.29. The van der Waals surface area contributed by atoms with Crippen LogP contribution in [0.1, 0.15) is 83.5 Å². The fourth-order valence-corrected chi connectivity index (χ4v) is 7.66. The number of aromatic amines is 2. The molecule has 0 saturated carbocycles. The van der Waals surface area contributed by atoms with E-state index in [-0.39, 0.29) is 35.6 Å². The molecule has 0 unspecified atom stereocenters. The first-order valence-corrected chi connectivity index (χ1v) is 18.2. The molecule has 3 N–H and O–H groups in total. The molecule has 3 atom stereocenters. The molecule has 52 heavy (non-hydrogen) atoms. The maximum atomic E-state index is 15.8. The van der Waals surface area contributed by atoms with E-state index < -0.39 is 12.1 Å². The van der Waals surface area contributed by atoms with E-state index in [2.05, 4.69) is 29.1 Å². The molecular weight excluding hydrogens is 661 g/mol. The minimum atomic E-state index is -0.719. The molecule has 0 bridgehead atoms. The van der Waals surface area contributed by atoms with Crippen molar-refractivity contribution in [3.63, 3.8) is 0 Å². The zero-order valence-electron chi connectivity index (χ0n) is 30.3. The number of nitrogens with zero attached hydrogens (tertiary/aromatic N) is 4. The van der Waals surface area contributed by atoms with Crippen LogP contribution in [0.15, 0.2) is 54.6 Å². The van der Waals surface area contributed by atoms with E-state index in [4.69, 9.17) is 14.7 Å². The Hall–Kier alpha value is -5.26. The summed E-state index contributed by atoms with van der Waals surface area (Å²) in [6.07, 6.45) is 3.26. The van der Waals surface area contributed by atoms with Crippen molar-refractivity contribution in [3.8, 4) is 22.3 Å². The van der Waals surface area contributed by atoms with Gasteiger partial charge in [-0.25, -0.2) is 19.2 Å². The summed E-state index contributed by atoms with van der Waals surface area (Å²) in [5.74, 6) is 1.27. The van der Waals surface area contributed by atoms with Crippen molar-refractivity contribution in [1.82, 2.24) is 35.1 Å². The highest BCUT2D eigenvalue weighted by Crippen LogP contribution is 2.36. The standard InChI is InChI=1S/C40H46FN7O4/c1-22(2)18-35(49)47-16-6-8-33(47)37-42-29-14-11-25(20-31(29)44-37)24-10-13-27(28(41)19-24)26-12-15-30-32(21-26)45-38(43-30)34-9-7-17-48(34)39(50)36(23(3)4)46-40(51)52-5/h10-15,19-23,33-34,36H,6-9,16-18H2,1-5H3,(H,42,44)(H,43,45)(H,46,51)/t33-,34-,36-/m0/s1. The Morgan fingerprint density at radius 3 is 1.98 bits per heavy atom. The molecule has 2 fully saturated rings.